The summed E-state index contributed by atoms with van der Waals surface area (Å²) < 4.78 is 38.9. The number of aromatic nitrogens is 3. The Morgan fingerprint density at radius 1 is 1.18 bits per heavy atom. The molecule has 0 saturated carbocycles. The topological polar surface area (TPSA) is 89.7 Å². The number of halogens is 2. The van der Waals surface area contributed by atoms with Crippen LogP contribution in [0.5, 0.6) is 5.75 Å². The number of ether oxygens (including phenoxy) is 2. The zero-order valence-corrected chi connectivity index (χ0v) is 22.2. The predicted molar refractivity (Wildman–Crippen MR) is 142 cm³/mol. The Hall–Kier alpha value is -3.89. The molecule has 2 aromatic carbocycles. The van der Waals surface area contributed by atoms with Crippen molar-refractivity contribution >= 4 is 16.9 Å². The van der Waals surface area contributed by atoms with Gasteiger partial charge in [-0.25, -0.2) is 4.98 Å². The lowest BCUT2D eigenvalue weighted by Gasteiger charge is -2.24. The van der Waals surface area contributed by atoms with Gasteiger partial charge in [0.15, 0.2) is 5.75 Å². The average Bonchev–Trinajstić information content (AvgIpc) is 3.27. The van der Waals surface area contributed by atoms with Crippen molar-refractivity contribution < 1.29 is 28.2 Å². The number of fused-ring (bicyclic) bond motifs is 6. The molecule has 10 heteroatoms. The van der Waals surface area contributed by atoms with Crippen LogP contribution in [-0.4, -0.2) is 50.7 Å². The molecule has 1 amide bonds. The van der Waals surface area contributed by atoms with Gasteiger partial charge in [0.1, 0.15) is 17.6 Å². The van der Waals surface area contributed by atoms with E-state index >= 15 is 0 Å². The molecule has 1 N–H and O–H groups in total. The van der Waals surface area contributed by atoms with Crippen LogP contribution >= 0.6 is 0 Å². The highest BCUT2D eigenvalue weighted by Gasteiger charge is 2.35. The maximum Gasteiger partial charge on any atom is 0.387 e. The van der Waals surface area contributed by atoms with Crippen LogP contribution in [0.1, 0.15) is 66.8 Å². The third kappa shape index (κ3) is 4.53. The second kappa shape index (κ2) is 10.7. The van der Waals surface area contributed by atoms with E-state index in [4.69, 9.17) is 14.5 Å². The Bertz CT molecular complexity index is 1540. The molecule has 204 valence electrons. The summed E-state index contributed by atoms with van der Waals surface area (Å²) in [7, 11) is 1.69. The number of imidazole rings is 1. The minimum atomic E-state index is -3.06. The summed E-state index contributed by atoms with van der Waals surface area (Å²) >= 11 is 0. The van der Waals surface area contributed by atoms with Crippen LogP contribution in [0.25, 0.3) is 27.8 Å². The molecule has 39 heavy (non-hydrogen) atoms. The maximum atomic E-state index is 13.4. The number of benzene rings is 2. The highest BCUT2D eigenvalue weighted by atomic mass is 19.3. The monoisotopic (exact) mass is 536 g/mol. The molecule has 2 aliphatic rings. The number of carbonyl (C=O) groups excluding carboxylic acids is 1. The molecule has 4 heterocycles. The van der Waals surface area contributed by atoms with Crippen LogP contribution < -0.4 is 4.74 Å². The molecule has 2 aliphatic heterocycles. The van der Waals surface area contributed by atoms with Crippen molar-refractivity contribution in [2.24, 2.45) is 0 Å². The lowest BCUT2D eigenvalue weighted by atomic mass is 10.0. The number of aliphatic hydroxyl groups is 1. The third-order valence-electron chi connectivity index (χ3n) is 7.01. The number of para-hydroxylation sites is 1. The number of alkyl halides is 2. The number of carbonyl (C=O) groups is 1. The van der Waals surface area contributed by atoms with E-state index in [0.717, 1.165) is 16.7 Å². The van der Waals surface area contributed by atoms with Gasteiger partial charge in [0.2, 0.25) is 0 Å². The van der Waals surface area contributed by atoms with Crippen LogP contribution in [0.15, 0.2) is 48.7 Å². The highest BCUT2D eigenvalue weighted by molar-refractivity contribution is 6.01. The number of hydrogen-bond donors (Lipinski definition) is 1. The summed E-state index contributed by atoms with van der Waals surface area (Å²) in [5, 5.41) is 10.2. The van der Waals surface area contributed by atoms with Crippen molar-refractivity contribution in [2.45, 2.75) is 52.6 Å². The van der Waals surface area contributed by atoms with E-state index in [9.17, 15) is 18.7 Å². The van der Waals surface area contributed by atoms with Crippen LogP contribution in [-0.2, 0) is 11.3 Å². The van der Waals surface area contributed by atoms with Crippen molar-refractivity contribution in [1.82, 2.24) is 19.4 Å². The first-order valence-corrected chi connectivity index (χ1v) is 13.0. The van der Waals surface area contributed by atoms with Gasteiger partial charge in [-0.15, -0.1) is 0 Å². The summed E-state index contributed by atoms with van der Waals surface area (Å²) in [5.41, 5.74) is 4.83. The van der Waals surface area contributed by atoms with Crippen LogP contribution in [0, 0.1) is 0 Å². The molecule has 2 atom stereocenters. The van der Waals surface area contributed by atoms with E-state index in [1.54, 1.807) is 28.8 Å². The largest absolute Gasteiger partial charge is 0.433 e. The summed E-state index contributed by atoms with van der Waals surface area (Å²) in [6.07, 6.45) is 1.50. The molecule has 0 fully saturated rings. The van der Waals surface area contributed by atoms with E-state index < -0.39 is 12.7 Å². The van der Waals surface area contributed by atoms with Crippen molar-refractivity contribution in [3.63, 3.8) is 0 Å². The fourth-order valence-electron chi connectivity index (χ4n) is 5.26. The normalized spacial score (nSPS) is 18.2. The van der Waals surface area contributed by atoms with Gasteiger partial charge in [-0.1, -0.05) is 32.9 Å². The van der Waals surface area contributed by atoms with Crippen LogP contribution in [0.4, 0.5) is 8.78 Å². The number of pyridine rings is 1. The smallest absolute Gasteiger partial charge is 0.387 e. The summed E-state index contributed by atoms with van der Waals surface area (Å²) in [6, 6.07) is 11.8. The van der Waals surface area contributed by atoms with Gasteiger partial charge in [-0.05, 0) is 42.3 Å². The maximum absolute atomic E-state index is 13.4. The van der Waals surface area contributed by atoms with Gasteiger partial charge in [0.05, 0.1) is 41.5 Å². The van der Waals surface area contributed by atoms with E-state index in [1.807, 2.05) is 45.0 Å². The van der Waals surface area contributed by atoms with Crippen LogP contribution in [0.2, 0.25) is 0 Å². The number of nitrogens with zero attached hydrogens (tertiary/aromatic N) is 4. The summed E-state index contributed by atoms with van der Waals surface area (Å²) in [4.78, 5) is 24.3. The van der Waals surface area contributed by atoms with E-state index in [2.05, 4.69) is 4.98 Å². The van der Waals surface area contributed by atoms with Crippen LogP contribution in [0.3, 0.4) is 0 Å². The minimum Gasteiger partial charge on any atom is -0.433 e. The molecule has 2 unspecified atom stereocenters. The molecule has 0 aliphatic carbocycles. The van der Waals surface area contributed by atoms with Gasteiger partial charge in [0, 0.05) is 24.4 Å². The van der Waals surface area contributed by atoms with E-state index in [1.165, 1.54) is 12.1 Å². The Kier molecular flexibility index (Phi) is 7.33. The second-order valence-electron chi connectivity index (χ2n) is 9.18. The first-order chi connectivity index (χ1) is 18.9. The minimum absolute atomic E-state index is 0.0986. The number of aliphatic hydroxyl groups excluding tert-OH is 1. The quantitative estimate of drug-likeness (QED) is 0.354. The fourth-order valence-corrected chi connectivity index (χ4v) is 5.26. The Morgan fingerprint density at radius 3 is 2.72 bits per heavy atom. The Morgan fingerprint density at radius 2 is 1.97 bits per heavy atom. The van der Waals surface area contributed by atoms with Crippen molar-refractivity contribution in [3.8, 4) is 22.6 Å². The molecule has 2 aromatic heterocycles. The standard InChI is InChI=1S/C27H24F2N4O4.C2H6/c1-3-19-25-31-18-8-7-14(15-9-16-12-36-13-21(34)23(16)30-11-15)10-20(18)33(25)24-17(26(35)32(19)2)5-4-6-22(24)37-27(28)29;1-2/h4-11,19,21,27,34H,3,12-13H2,1-2H3;1-2H3. The average molecular weight is 537 g/mol. The molecule has 0 spiro atoms. The second-order valence-corrected chi connectivity index (χ2v) is 9.18. The number of amides is 1. The molecular weight excluding hydrogens is 506 g/mol. The molecule has 0 bridgehead atoms. The zero-order chi connectivity index (χ0) is 27.8. The van der Waals surface area contributed by atoms with Gasteiger partial charge >= 0.3 is 6.61 Å². The lowest BCUT2D eigenvalue weighted by molar-refractivity contribution is -0.0498. The first-order valence-electron chi connectivity index (χ1n) is 13.0. The summed E-state index contributed by atoms with van der Waals surface area (Å²) in [5.74, 6) is 0.169. The zero-order valence-electron chi connectivity index (χ0n) is 22.2. The van der Waals surface area contributed by atoms with Crippen molar-refractivity contribution in [2.75, 3.05) is 13.7 Å². The third-order valence-corrected chi connectivity index (χ3v) is 7.01. The molecule has 8 nitrogen and oxygen atoms in total. The van der Waals surface area contributed by atoms with Crippen molar-refractivity contribution in [3.05, 3.63) is 71.3 Å². The molecule has 4 aromatic rings. The number of hydrogen-bond acceptors (Lipinski definition) is 6. The molecule has 0 saturated heterocycles. The molecule has 0 radical (unpaired) electrons. The van der Waals surface area contributed by atoms with E-state index in [-0.39, 0.29) is 35.6 Å². The Balaban J connectivity index is 0.00000151. The number of rotatable bonds is 4. The van der Waals surface area contributed by atoms with Gasteiger partial charge in [-0.2, -0.15) is 8.78 Å². The molecular formula is C29H30F2N4O4. The van der Waals surface area contributed by atoms with Gasteiger partial charge in [-0.3, -0.25) is 14.3 Å². The SMILES string of the molecule is CC.CCC1c2nc3ccc(-c4cnc5c(c4)COCC5O)cc3n2-c2c(OC(F)F)cccc2C(=O)N1C. The van der Waals surface area contributed by atoms with Gasteiger partial charge < -0.3 is 19.5 Å². The Labute approximate surface area is 224 Å². The van der Waals surface area contributed by atoms with Crippen molar-refractivity contribution in [1.29, 1.82) is 0 Å². The molecule has 6 rings (SSSR count). The first kappa shape index (κ1) is 26.7. The highest BCUT2D eigenvalue weighted by Crippen LogP contribution is 2.41. The summed E-state index contributed by atoms with van der Waals surface area (Å²) in [6.45, 7) is 3.45. The van der Waals surface area contributed by atoms with E-state index in [0.29, 0.717) is 35.6 Å². The lowest BCUT2D eigenvalue weighted by Crippen LogP contribution is -2.30. The predicted octanol–water partition coefficient (Wildman–Crippen LogP) is 5.82. The fraction of sp³-hybridized carbons (Fsp3) is 0.345. The van der Waals surface area contributed by atoms with Gasteiger partial charge in [0.25, 0.3) is 5.91 Å².